The minimum atomic E-state index is -0.213. The van der Waals surface area contributed by atoms with Crippen molar-refractivity contribution >= 4 is 5.91 Å². The molecule has 2 rings (SSSR count). The monoisotopic (exact) mass is 180 g/mol. The number of aromatic nitrogens is 2. The van der Waals surface area contributed by atoms with Crippen molar-refractivity contribution in [1.82, 2.24) is 15.1 Å². The number of carbonyl (C=O) groups excluding carboxylic acids is 1. The Kier molecular flexibility index (Phi) is 1.63. The van der Waals surface area contributed by atoms with E-state index >= 15 is 0 Å². The number of hydrogen-bond donors (Lipinski definition) is 2. The molecule has 5 heteroatoms. The van der Waals surface area contributed by atoms with Gasteiger partial charge in [-0.1, -0.05) is 0 Å². The Morgan fingerprint density at radius 3 is 2.92 bits per heavy atom. The summed E-state index contributed by atoms with van der Waals surface area (Å²) in [7, 11) is 0. The Labute approximate surface area is 75.9 Å². The van der Waals surface area contributed by atoms with Crippen molar-refractivity contribution in [2.24, 2.45) is 5.73 Å². The van der Waals surface area contributed by atoms with E-state index in [0.29, 0.717) is 18.8 Å². The maximum Gasteiger partial charge on any atom is 0.271 e. The van der Waals surface area contributed by atoms with Crippen molar-refractivity contribution in [2.45, 2.75) is 12.5 Å². The number of amides is 1. The van der Waals surface area contributed by atoms with Gasteiger partial charge in [0.15, 0.2) is 0 Å². The lowest BCUT2D eigenvalue weighted by atomic mass is 9.93. The van der Waals surface area contributed by atoms with Crippen LogP contribution in [0.1, 0.15) is 17.4 Å². The number of nitrogens with zero attached hydrogens (tertiary/aromatic N) is 2. The second-order valence-electron chi connectivity index (χ2n) is 3.79. The van der Waals surface area contributed by atoms with Crippen LogP contribution in [0.25, 0.3) is 0 Å². The molecule has 3 N–H and O–H groups in total. The molecule has 1 amide bonds. The van der Waals surface area contributed by atoms with E-state index < -0.39 is 0 Å². The highest BCUT2D eigenvalue weighted by Gasteiger charge is 2.38. The fraction of sp³-hybridized carbons (Fsp3) is 0.500. The number of carbonyl (C=O) groups is 1. The first kappa shape index (κ1) is 8.25. The first-order chi connectivity index (χ1) is 6.08. The van der Waals surface area contributed by atoms with E-state index in [9.17, 15) is 4.79 Å². The van der Waals surface area contributed by atoms with E-state index in [1.165, 1.54) is 0 Å². The van der Waals surface area contributed by atoms with Crippen LogP contribution in [0.15, 0.2) is 12.3 Å². The number of nitrogens with two attached hydrogens (primary N) is 1. The van der Waals surface area contributed by atoms with Crippen LogP contribution in [0, 0.1) is 0 Å². The zero-order valence-corrected chi connectivity index (χ0v) is 7.45. The van der Waals surface area contributed by atoms with E-state index in [2.05, 4.69) is 10.2 Å². The summed E-state index contributed by atoms with van der Waals surface area (Å²) in [4.78, 5) is 13.3. The average molecular weight is 180 g/mol. The van der Waals surface area contributed by atoms with Gasteiger partial charge in [-0.2, -0.15) is 5.10 Å². The molecule has 13 heavy (non-hydrogen) atoms. The summed E-state index contributed by atoms with van der Waals surface area (Å²) in [6.07, 6.45) is 1.56. The fourth-order valence-electron chi connectivity index (χ4n) is 1.51. The van der Waals surface area contributed by atoms with Crippen LogP contribution in [0.3, 0.4) is 0 Å². The molecule has 0 spiro atoms. The predicted molar refractivity (Wildman–Crippen MR) is 47.1 cm³/mol. The van der Waals surface area contributed by atoms with Gasteiger partial charge in [-0.3, -0.25) is 9.89 Å². The second-order valence-corrected chi connectivity index (χ2v) is 3.79. The molecule has 70 valence electrons. The molecule has 0 radical (unpaired) electrons. The summed E-state index contributed by atoms with van der Waals surface area (Å²) < 4.78 is 0. The first-order valence-corrected chi connectivity index (χ1v) is 4.16. The highest BCUT2D eigenvalue weighted by Crippen LogP contribution is 2.18. The van der Waals surface area contributed by atoms with Gasteiger partial charge < -0.3 is 10.6 Å². The molecule has 5 nitrogen and oxygen atoms in total. The summed E-state index contributed by atoms with van der Waals surface area (Å²) in [5, 5.41) is 6.35. The fourth-order valence-corrected chi connectivity index (χ4v) is 1.51. The SMILES string of the molecule is CC1(N)CN(C(=O)c2ccn[nH]2)C1. The van der Waals surface area contributed by atoms with Gasteiger partial charge in [-0.05, 0) is 13.0 Å². The first-order valence-electron chi connectivity index (χ1n) is 4.16. The van der Waals surface area contributed by atoms with E-state index in [4.69, 9.17) is 5.73 Å². The molecule has 0 saturated carbocycles. The third kappa shape index (κ3) is 1.42. The number of likely N-dealkylation sites (tertiary alicyclic amines) is 1. The maximum atomic E-state index is 11.6. The third-order valence-electron chi connectivity index (χ3n) is 2.12. The number of H-pyrrole nitrogens is 1. The number of hydrogen-bond acceptors (Lipinski definition) is 3. The van der Waals surface area contributed by atoms with Crippen molar-refractivity contribution in [2.75, 3.05) is 13.1 Å². The van der Waals surface area contributed by atoms with Gasteiger partial charge in [0.05, 0.1) is 0 Å². The van der Waals surface area contributed by atoms with Gasteiger partial charge in [0.1, 0.15) is 5.69 Å². The molecule has 0 unspecified atom stereocenters. The van der Waals surface area contributed by atoms with Crippen molar-refractivity contribution in [3.05, 3.63) is 18.0 Å². The standard InChI is InChI=1S/C8H12N4O/c1-8(9)4-12(5-8)7(13)6-2-3-10-11-6/h2-3H,4-5,9H2,1H3,(H,10,11). The quantitative estimate of drug-likeness (QED) is 0.616. The Morgan fingerprint density at radius 1 is 1.77 bits per heavy atom. The van der Waals surface area contributed by atoms with Crippen LogP contribution in [0.4, 0.5) is 0 Å². The molecule has 2 heterocycles. The summed E-state index contributed by atoms with van der Waals surface area (Å²) in [5.74, 6) is -0.0274. The molecular formula is C8H12N4O. The maximum absolute atomic E-state index is 11.6. The molecule has 1 aliphatic heterocycles. The highest BCUT2D eigenvalue weighted by atomic mass is 16.2. The Balaban J connectivity index is 2.02. The van der Waals surface area contributed by atoms with Crippen LogP contribution in [0.2, 0.25) is 0 Å². The van der Waals surface area contributed by atoms with Gasteiger partial charge in [0.25, 0.3) is 5.91 Å². The summed E-state index contributed by atoms with van der Waals surface area (Å²) >= 11 is 0. The minimum absolute atomic E-state index is 0.0274. The van der Waals surface area contributed by atoms with Crippen LogP contribution < -0.4 is 5.73 Å². The molecule has 0 aromatic carbocycles. The Bertz CT molecular complexity index is 309. The van der Waals surface area contributed by atoms with Gasteiger partial charge in [-0.15, -0.1) is 0 Å². The van der Waals surface area contributed by atoms with E-state index in [1.807, 2.05) is 6.92 Å². The number of nitrogens with one attached hydrogen (secondary N) is 1. The van der Waals surface area contributed by atoms with Gasteiger partial charge in [0.2, 0.25) is 0 Å². The molecule has 1 aromatic rings. The Morgan fingerprint density at radius 2 is 2.46 bits per heavy atom. The number of aromatic amines is 1. The van der Waals surface area contributed by atoms with Crippen molar-refractivity contribution in [3.8, 4) is 0 Å². The zero-order valence-electron chi connectivity index (χ0n) is 7.45. The molecular weight excluding hydrogens is 168 g/mol. The summed E-state index contributed by atoms with van der Waals surface area (Å²) in [6.45, 7) is 3.17. The molecule has 0 bridgehead atoms. The summed E-state index contributed by atoms with van der Waals surface area (Å²) in [5.41, 5.74) is 6.09. The zero-order chi connectivity index (χ0) is 9.47. The highest BCUT2D eigenvalue weighted by molar-refractivity contribution is 5.92. The lowest BCUT2D eigenvalue weighted by Crippen LogP contribution is -2.66. The average Bonchev–Trinajstić information content (AvgIpc) is 2.50. The van der Waals surface area contributed by atoms with Crippen LogP contribution in [0.5, 0.6) is 0 Å². The van der Waals surface area contributed by atoms with Crippen molar-refractivity contribution in [3.63, 3.8) is 0 Å². The normalized spacial score (nSPS) is 19.7. The lowest BCUT2D eigenvalue weighted by Gasteiger charge is -2.45. The molecule has 1 aliphatic rings. The molecule has 1 saturated heterocycles. The predicted octanol–water partition coefficient (Wildman–Crippen LogP) is -0.417. The van der Waals surface area contributed by atoms with Crippen LogP contribution >= 0.6 is 0 Å². The Hall–Kier alpha value is -1.36. The van der Waals surface area contributed by atoms with Gasteiger partial charge >= 0.3 is 0 Å². The molecule has 0 aliphatic carbocycles. The molecule has 1 aromatic heterocycles. The molecule has 1 fully saturated rings. The lowest BCUT2D eigenvalue weighted by molar-refractivity contribution is 0.0448. The van der Waals surface area contributed by atoms with E-state index in [-0.39, 0.29) is 11.4 Å². The second kappa shape index (κ2) is 2.56. The van der Waals surface area contributed by atoms with Gasteiger partial charge in [0, 0.05) is 24.8 Å². The topological polar surface area (TPSA) is 75.0 Å². The summed E-state index contributed by atoms with van der Waals surface area (Å²) in [6, 6.07) is 1.66. The largest absolute Gasteiger partial charge is 0.334 e. The van der Waals surface area contributed by atoms with Gasteiger partial charge in [-0.25, -0.2) is 0 Å². The van der Waals surface area contributed by atoms with Crippen LogP contribution in [-0.2, 0) is 0 Å². The van der Waals surface area contributed by atoms with E-state index in [1.54, 1.807) is 17.2 Å². The van der Waals surface area contributed by atoms with Crippen molar-refractivity contribution in [1.29, 1.82) is 0 Å². The van der Waals surface area contributed by atoms with Crippen LogP contribution in [-0.4, -0.2) is 39.6 Å². The minimum Gasteiger partial charge on any atom is -0.334 e. The van der Waals surface area contributed by atoms with E-state index in [0.717, 1.165) is 0 Å². The smallest absolute Gasteiger partial charge is 0.271 e. The number of rotatable bonds is 1. The van der Waals surface area contributed by atoms with Crippen molar-refractivity contribution < 1.29 is 4.79 Å². The third-order valence-corrected chi connectivity index (χ3v) is 2.12. The molecule has 0 atom stereocenters.